The van der Waals surface area contributed by atoms with Gasteiger partial charge in [0.25, 0.3) is 0 Å². The Morgan fingerprint density at radius 2 is 1.93 bits per heavy atom. The molecular weight excluding hydrogens is 178 g/mol. The minimum Gasteiger partial charge on any atom is -0.491 e. The molecule has 0 unspecified atom stereocenters. The van der Waals surface area contributed by atoms with Gasteiger partial charge in [0.1, 0.15) is 12.4 Å². The van der Waals surface area contributed by atoms with Crippen LogP contribution in [-0.2, 0) is 4.74 Å². The van der Waals surface area contributed by atoms with Crippen molar-refractivity contribution in [2.45, 2.75) is 6.10 Å². The fourth-order valence-corrected chi connectivity index (χ4v) is 1.27. The third-order valence-corrected chi connectivity index (χ3v) is 2.19. The van der Waals surface area contributed by atoms with E-state index in [-0.39, 0.29) is 0 Å². The second-order valence-electron chi connectivity index (χ2n) is 3.31. The molecule has 1 aromatic rings. The van der Waals surface area contributed by atoms with Crippen LogP contribution in [-0.4, -0.2) is 32.4 Å². The Kier molecular flexibility index (Phi) is 3.38. The van der Waals surface area contributed by atoms with Crippen LogP contribution in [0.25, 0.3) is 0 Å². The SMILES string of the molecule is c1ccc(OCCOC2CNC2)cc1. The average molecular weight is 193 g/mol. The van der Waals surface area contributed by atoms with Crippen LogP contribution in [0, 0.1) is 0 Å². The second-order valence-corrected chi connectivity index (χ2v) is 3.31. The maximum absolute atomic E-state index is 5.51. The predicted molar refractivity (Wildman–Crippen MR) is 54.5 cm³/mol. The molecule has 0 aromatic heterocycles. The Balaban J connectivity index is 1.58. The Hall–Kier alpha value is -1.06. The van der Waals surface area contributed by atoms with Gasteiger partial charge in [-0.15, -0.1) is 0 Å². The van der Waals surface area contributed by atoms with E-state index in [2.05, 4.69) is 5.32 Å². The van der Waals surface area contributed by atoms with E-state index in [0.29, 0.717) is 19.3 Å². The summed E-state index contributed by atoms with van der Waals surface area (Å²) in [4.78, 5) is 0. The summed E-state index contributed by atoms with van der Waals surface area (Å²) in [7, 11) is 0. The Morgan fingerprint density at radius 1 is 1.14 bits per heavy atom. The van der Waals surface area contributed by atoms with Gasteiger partial charge in [-0.05, 0) is 12.1 Å². The first-order valence-electron chi connectivity index (χ1n) is 4.95. The lowest BCUT2D eigenvalue weighted by Gasteiger charge is -2.26. The van der Waals surface area contributed by atoms with Crippen LogP contribution >= 0.6 is 0 Å². The van der Waals surface area contributed by atoms with Gasteiger partial charge in [-0.1, -0.05) is 18.2 Å². The van der Waals surface area contributed by atoms with Crippen LogP contribution in [0.5, 0.6) is 5.75 Å². The van der Waals surface area contributed by atoms with Crippen molar-refractivity contribution < 1.29 is 9.47 Å². The van der Waals surface area contributed by atoms with Crippen molar-refractivity contribution in [1.29, 1.82) is 0 Å². The highest BCUT2D eigenvalue weighted by Crippen LogP contribution is 2.08. The van der Waals surface area contributed by atoms with E-state index >= 15 is 0 Å². The molecule has 1 N–H and O–H groups in total. The lowest BCUT2D eigenvalue weighted by atomic mass is 10.2. The van der Waals surface area contributed by atoms with Crippen LogP contribution < -0.4 is 10.1 Å². The lowest BCUT2D eigenvalue weighted by molar-refractivity contribution is 0.00454. The molecular formula is C11H15NO2. The van der Waals surface area contributed by atoms with Crippen molar-refractivity contribution in [2.24, 2.45) is 0 Å². The summed E-state index contributed by atoms with van der Waals surface area (Å²) in [5, 5.41) is 3.15. The summed E-state index contributed by atoms with van der Waals surface area (Å²) < 4.78 is 11.0. The van der Waals surface area contributed by atoms with Crippen LogP contribution in [0.1, 0.15) is 0 Å². The van der Waals surface area contributed by atoms with Gasteiger partial charge in [-0.3, -0.25) is 0 Å². The molecule has 0 bridgehead atoms. The topological polar surface area (TPSA) is 30.5 Å². The summed E-state index contributed by atoms with van der Waals surface area (Å²) >= 11 is 0. The fraction of sp³-hybridized carbons (Fsp3) is 0.455. The summed E-state index contributed by atoms with van der Waals surface area (Å²) in [5.74, 6) is 0.905. The molecule has 0 radical (unpaired) electrons. The van der Waals surface area contributed by atoms with Gasteiger partial charge in [-0.25, -0.2) is 0 Å². The molecule has 14 heavy (non-hydrogen) atoms. The van der Waals surface area contributed by atoms with Crippen molar-refractivity contribution in [3.05, 3.63) is 30.3 Å². The zero-order valence-electron chi connectivity index (χ0n) is 8.11. The molecule has 1 heterocycles. The van der Waals surface area contributed by atoms with Gasteiger partial charge in [0.05, 0.1) is 12.7 Å². The molecule has 3 heteroatoms. The minimum atomic E-state index is 0.398. The van der Waals surface area contributed by atoms with E-state index in [1.54, 1.807) is 0 Å². The van der Waals surface area contributed by atoms with E-state index in [0.717, 1.165) is 18.8 Å². The number of nitrogens with one attached hydrogen (secondary N) is 1. The molecule has 2 rings (SSSR count). The molecule has 0 amide bonds. The van der Waals surface area contributed by atoms with Gasteiger partial charge in [0.15, 0.2) is 0 Å². The van der Waals surface area contributed by atoms with E-state index in [1.165, 1.54) is 0 Å². The average Bonchev–Trinajstić information content (AvgIpc) is 2.16. The van der Waals surface area contributed by atoms with Crippen molar-refractivity contribution in [2.75, 3.05) is 26.3 Å². The maximum atomic E-state index is 5.51. The van der Waals surface area contributed by atoms with Crippen molar-refractivity contribution in [3.8, 4) is 5.75 Å². The predicted octanol–water partition coefficient (Wildman–Crippen LogP) is 1.05. The molecule has 0 spiro atoms. The Bertz CT molecular complexity index is 259. The highest BCUT2D eigenvalue weighted by atomic mass is 16.5. The van der Waals surface area contributed by atoms with Crippen LogP contribution in [0.15, 0.2) is 30.3 Å². The standard InChI is InChI=1S/C11H15NO2/c1-2-4-10(5-3-1)13-6-7-14-11-8-12-9-11/h1-5,11-12H,6-9H2. The van der Waals surface area contributed by atoms with Gasteiger partial charge >= 0.3 is 0 Å². The first kappa shape index (κ1) is 9.49. The molecule has 76 valence electrons. The fourth-order valence-electron chi connectivity index (χ4n) is 1.27. The normalized spacial score (nSPS) is 16.3. The van der Waals surface area contributed by atoms with Gasteiger partial charge in [0.2, 0.25) is 0 Å². The first-order valence-corrected chi connectivity index (χ1v) is 4.95. The quantitative estimate of drug-likeness (QED) is 0.709. The summed E-state index contributed by atoms with van der Waals surface area (Å²) in [6, 6.07) is 9.80. The summed E-state index contributed by atoms with van der Waals surface area (Å²) in [6.07, 6.45) is 0.398. The van der Waals surface area contributed by atoms with Crippen molar-refractivity contribution in [1.82, 2.24) is 5.32 Å². The summed E-state index contributed by atoms with van der Waals surface area (Å²) in [5.41, 5.74) is 0. The largest absolute Gasteiger partial charge is 0.491 e. The second kappa shape index (κ2) is 4.98. The summed E-state index contributed by atoms with van der Waals surface area (Å²) in [6.45, 7) is 3.25. The van der Waals surface area contributed by atoms with E-state index in [4.69, 9.17) is 9.47 Å². The first-order chi connectivity index (χ1) is 6.95. The molecule has 0 atom stereocenters. The smallest absolute Gasteiger partial charge is 0.119 e. The molecule has 1 aliphatic rings. The Labute approximate surface area is 84.0 Å². The van der Waals surface area contributed by atoms with Gasteiger partial charge in [0, 0.05) is 13.1 Å². The van der Waals surface area contributed by atoms with Crippen molar-refractivity contribution >= 4 is 0 Å². The van der Waals surface area contributed by atoms with Gasteiger partial charge in [-0.2, -0.15) is 0 Å². The highest BCUT2D eigenvalue weighted by Gasteiger charge is 2.16. The Morgan fingerprint density at radius 3 is 2.57 bits per heavy atom. The van der Waals surface area contributed by atoms with E-state index in [1.807, 2.05) is 30.3 Å². The minimum absolute atomic E-state index is 0.398. The van der Waals surface area contributed by atoms with Gasteiger partial charge < -0.3 is 14.8 Å². The monoisotopic (exact) mass is 193 g/mol. The molecule has 0 aliphatic carbocycles. The molecule has 1 fully saturated rings. The third-order valence-electron chi connectivity index (χ3n) is 2.19. The van der Waals surface area contributed by atoms with E-state index < -0.39 is 0 Å². The highest BCUT2D eigenvalue weighted by molar-refractivity contribution is 5.20. The molecule has 0 saturated carbocycles. The zero-order valence-corrected chi connectivity index (χ0v) is 8.11. The maximum Gasteiger partial charge on any atom is 0.119 e. The van der Waals surface area contributed by atoms with Crippen LogP contribution in [0.4, 0.5) is 0 Å². The lowest BCUT2D eigenvalue weighted by Crippen LogP contribution is -2.48. The number of ether oxygens (including phenoxy) is 2. The third kappa shape index (κ3) is 2.72. The number of rotatable bonds is 5. The number of benzene rings is 1. The number of hydrogen-bond donors (Lipinski definition) is 1. The molecule has 1 aliphatic heterocycles. The molecule has 3 nitrogen and oxygen atoms in total. The van der Waals surface area contributed by atoms with Crippen LogP contribution in [0.3, 0.4) is 0 Å². The molecule has 1 saturated heterocycles. The van der Waals surface area contributed by atoms with E-state index in [9.17, 15) is 0 Å². The van der Waals surface area contributed by atoms with Crippen molar-refractivity contribution in [3.63, 3.8) is 0 Å². The zero-order chi connectivity index (χ0) is 9.64. The number of para-hydroxylation sites is 1. The van der Waals surface area contributed by atoms with Crippen LogP contribution in [0.2, 0.25) is 0 Å². The molecule has 1 aromatic carbocycles. The number of hydrogen-bond acceptors (Lipinski definition) is 3.